The van der Waals surface area contributed by atoms with Crippen molar-refractivity contribution < 1.29 is 14.6 Å². The van der Waals surface area contributed by atoms with Gasteiger partial charge in [-0.1, -0.05) is 0 Å². The van der Waals surface area contributed by atoms with E-state index in [9.17, 15) is 5.11 Å². The van der Waals surface area contributed by atoms with Crippen LogP contribution in [0.15, 0.2) is 53.3 Å². The fraction of sp³-hybridized carbons (Fsp3) is 0.0625. The van der Waals surface area contributed by atoms with Gasteiger partial charge in [-0.05, 0) is 58.4 Å². The Morgan fingerprint density at radius 2 is 1.62 bits per heavy atom. The number of aromatic hydroxyl groups is 1. The minimum absolute atomic E-state index is 0.143. The van der Waals surface area contributed by atoms with Gasteiger partial charge in [-0.2, -0.15) is 0 Å². The Labute approximate surface area is 130 Å². The fourth-order valence-electron chi connectivity index (χ4n) is 2.02. The quantitative estimate of drug-likeness (QED) is 0.710. The molecule has 21 heavy (non-hydrogen) atoms. The maximum Gasteiger partial charge on any atom is 0.141 e. The van der Waals surface area contributed by atoms with Crippen molar-refractivity contribution in [1.29, 1.82) is 0 Å². The third kappa shape index (κ3) is 2.78. The highest BCUT2D eigenvalue weighted by atomic mass is 79.9. The molecular formula is C16H12BrNO3. The van der Waals surface area contributed by atoms with Crippen LogP contribution >= 0.6 is 15.9 Å². The van der Waals surface area contributed by atoms with E-state index < -0.39 is 0 Å². The number of ether oxygens (including phenoxy) is 2. The van der Waals surface area contributed by atoms with Gasteiger partial charge < -0.3 is 14.6 Å². The fourth-order valence-corrected chi connectivity index (χ4v) is 2.45. The second-order valence-corrected chi connectivity index (χ2v) is 5.17. The molecule has 3 rings (SSSR count). The molecule has 1 N–H and O–H groups in total. The predicted molar refractivity (Wildman–Crippen MR) is 84.2 cm³/mol. The van der Waals surface area contributed by atoms with E-state index in [0.717, 1.165) is 16.5 Å². The maximum absolute atomic E-state index is 9.80. The Morgan fingerprint density at radius 1 is 0.952 bits per heavy atom. The minimum Gasteiger partial charge on any atom is -0.506 e. The minimum atomic E-state index is 0.143. The summed E-state index contributed by atoms with van der Waals surface area (Å²) in [5.74, 6) is 2.29. The number of hydrogen-bond acceptors (Lipinski definition) is 4. The lowest BCUT2D eigenvalue weighted by Gasteiger charge is -2.09. The van der Waals surface area contributed by atoms with E-state index in [4.69, 9.17) is 9.47 Å². The summed E-state index contributed by atoms with van der Waals surface area (Å²) in [6, 6.07) is 12.8. The van der Waals surface area contributed by atoms with E-state index in [-0.39, 0.29) is 5.75 Å². The maximum atomic E-state index is 9.80. The van der Waals surface area contributed by atoms with Crippen LogP contribution in [0.5, 0.6) is 23.0 Å². The van der Waals surface area contributed by atoms with Crippen LogP contribution in [-0.4, -0.2) is 17.2 Å². The van der Waals surface area contributed by atoms with E-state index in [1.165, 1.54) is 6.20 Å². The summed E-state index contributed by atoms with van der Waals surface area (Å²) in [6.07, 6.45) is 1.41. The normalized spacial score (nSPS) is 10.6. The molecule has 106 valence electrons. The van der Waals surface area contributed by atoms with Crippen LogP contribution in [-0.2, 0) is 0 Å². The summed E-state index contributed by atoms with van der Waals surface area (Å²) in [4.78, 5) is 4.07. The lowest BCUT2D eigenvalue weighted by Crippen LogP contribution is -1.87. The predicted octanol–water partition coefficient (Wildman–Crippen LogP) is 4.50. The Morgan fingerprint density at radius 3 is 2.33 bits per heavy atom. The number of aromatic nitrogens is 1. The lowest BCUT2D eigenvalue weighted by atomic mass is 10.1. The molecule has 0 aliphatic rings. The van der Waals surface area contributed by atoms with Crippen molar-refractivity contribution >= 4 is 26.7 Å². The van der Waals surface area contributed by atoms with E-state index in [0.29, 0.717) is 16.1 Å². The van der Waals surface area contributed by atoms with Gasteiger partial charge in [-0.25, -0.2) is 4.98 Å². The smallest absolute Gasteiger partial charge is 0.141 e. The van der Waals surface area contributed by atoms with Gasteiger partial charge in [0.25, 0.3) is 0 Å². The van der Waals surface area contributed by atoms with E-state index in [1.807, 2.05) is 30.3 Å². The van der Waals surface area contributed by atoms with Gasteiger partial charge in [0.15, 0.2) is 0 Å². The van der Waals surface area contributed by atoms with Crippen molar-refractivity contribution in [3.05, 3.63) is 53.3 Å². The summed E-state index contributed by atoms with van der Waals surface area (Å²) in [5, 5.41) is 11.3. The number of pyridine rings is 1. The number of halogens is 1. The lowest BCUT2D eigenvalue weighted by molar-refractivity contribution is 0.413. The molecule has 3 aromatic rings. The van der Waals surface area contributed by atoms with Crippen LogP contribution in [0.3, 0.4) is 0 Å². The average molecular weight is 346 g/mol. The van der Waals surface area contributed by atoms with Crippen LogP contribution in [0.25, 0.3) is 10.8 Å². The number of nitrogens with zero attached hydrogens (tertiary/aromatic N) is 1. The molecule has 2 aromatic carbocycles. The molecule has 5 heteroatoms. The molecule has 1 aromatic heterocycles. The second kappa shape index (κ2) is 5.61. The number of methoxy groups -OCH3 is 1. The van der Waals surface area contributed by atoms with Crippen molar-refractivity contribution in [2.75, 3.05) is 7.11 Å². The van der Waals surface area contributed by atoms with Gasteiger partial charge in [-0.3, -0.25) is 0 Å². The first kappa shape index (κ1) is 13.7. The van der Waals surface area contributed by atoms with Gasteiger partial charge in [-0.15, -0.1) is 0 Å². The molecule has 0 radical (unpaired) electrons. The highest BCUT2D eigenvalue weighted by Gasteiger charge is 2.07. The molecule has 0 saturated heterocycles. The van der Waals surface area contributed by atoms with E-state index in [2.05, 4.69) is 20.9 Å². The molecule has 1 heterocycles. The zero-order valence-corrected chi connectivity index (χ0v) is 12.8. The van der Waals surface area contributed by atoms with Gasteiger partial charge in [0.05, 0.1) is 13.3 Å². The van der Waals surface area contributed by atoms with Gasteiger partial charge >= 0.3 is 0 Å². The molecule has 4 nitrogen and oxygen atoms in total. The van der Waals surface area contributed by atoms with Crippen molar-refractivity contribution in [3.8, 4) is 23.0 Å². The Hall–Kier alpha value is -2.27. The average Bonchev–Trinajstić information content (AvgIpc) is 2.52. The van der Waals surface area contributed by atoms with E-state index in [1.54, 1.807) is 19.2 Å². The first-order chi connectivity index (χ1) is 10.2. The topological polar surface area (TPSA) is 51.6 Å². The summed E-state index contributed by atoms with van der Waals surface area (Å²) < 4.78 is 11.6. The van der Waals surface area contributed by atoms with Gasteiger partial charge in [0.2, 0.25) is 0 Å². The highest BCUT2D eigenvalue weighted by molar-refractivity contribution is 9.10. The molecule has 0 amide bonds. The summed E-state index contributed by atoms with van der Waals surface area (Å²) in [7, 11) is 1.62. The first-order valence-electron chi connectivity index (χ1n) is 6.26. The van der Waals surface area contributed by atoms with Gasteiger partial charge in [0.1, 0.15) is 27.6 Å². The summed E-state index contributed by atoms with van der Waals surface area (Å²) in [6.45, 7) is 0. The molecule has 0 unspecified atom stereocenters. The van der Waals surface area contributed by atoms with Crippen molar-refractivity contribution in [3.63, 3.8) is 0 Å². The van der Waals surface area contributed by atoms with Gasteiger partial charge in [0, 0.05) is 10.8 Å². The van der Waals surface area contributed by atoms with Crippen LogP contribution in [0.1, 0.15) is 0 Å². The van der Waals surface area contributed by atoms with Crippen LogP contribution in [0, 0.1) is 0 Å². The number of fused-ring (bicyclic) bond motifs is 1. The largest absolute Gasteiger partial charge is 0.506 e. The van der Waals surface area contributed by atoms with Crippen molar-refractivity contribution in [2.24, 2.45) is 0 Å². The standard InChI is InChI=1S/C16H12BrNO3/c1-20-10-2-4-11(5-3-10)21-12-6-7-13-14(8-12)16(17)18-9-15(13)19/h2-9,19H,1H3. The molecule has 0 atom stereocenters. The number of rotatable bonds is 3. The number of benzene rings is 2. The molecule has 0 bridgehead atoms. The van der Waals surface area contributed by atoms with E-state index >= 15 is 0 Å². The Balaban J connectivity index is 1.95. The number of hydrogen-bond donors (Lipinski definition) is 1. The monoisotopic (exact) mass is 345 g/mol. The molecule has 0 saturated carbocycles. The summed E-state index contributed by atoms with van der Waals surface area (Å²) >= 11 is 3.38. The van der Waals surface area contributed by atoms with Crippen molar-refractivity contribution in [2.45, 2.75) is 0 Å². The van der Waals surface area contributed by atoms with Crippen LogP contribution < -0.4 is 9.47 Å². The third-order valence-electron chi connectivity index (χ3n) is 3.08. The zero-order valence-electron chi connectivity index (χ0n) is 11.2. The molecule has 0 aliphatic carbocycles. The van der Waals surface area contributed by atoms with Crippen molar-refractivity contribution in [1.82, 2.24) is 4.98 Å². The molecule has 0 aliphatic heterocycles. The summed E-state index contributed by atoms with van der Waals surface area (Å²) in [5.41, 5.74) is 0. The highest BCUT2D eigenvalue weighted by Crippen LogP contribution is 2.33. The SMILES string of the molecule is COc1ccc(Oc2ccc3c(O)cnc(Br)c3c2)cc1. The zero-order chi connectivity index (χ0) is 14.8. The second-order valence-electron chi connectivity index (χ2n) is 4.42. The van der Waals surface area contributed by atoms with Crippen LogP contribution in [0.4, 0.5) is 0 Å². The first-order valence-corrected chi connectivity index (χ1v) is 7.06. The third-order valence-corrected chi connectivity index (χ3v) is 3.72. The molecular weight excluding hydrogens is 334 g/mol. The Kier molecular flexibility index (Phi) is 3.66. The molecule has 0 spiro atoms. The van der Waals surface area contributed by atoms with Crippen LogP contribution in [0.2, 0.25) is 0 Å². The molecule has 0 fully saturated rings. The Bertz CT molecular complexity index is 787.